The predicted octanol–water partition coefficient (Wildman–Crippen LogP) is 0.681. The molecular formula is C14H20N4O3S. The lowest BCUT2D eigenvalue weighted by Crippen LogP contribution is -2.37. The first-order valence-corrected chi connectivity index (χ1v) is 8.92. The van der Waals surface area contributed by atoms with Gasteiger partial charge in [0.2, 0.25) is 5.96 Å². The van der Waals surface area contributed by atoms with E-state index < -0.39 is 21.9 Å². The zero-order valence-corrected chi connectivity index (χ0v) is 13.3. The summed E-state index contributed by atoms with van der Waals surface area (Å²) in [7, 11) is -3.63. The maximum atomic E-state index is 11.9. The molecular weight excluding hydrogens is 304 g/mol. The summed E-state index contributed by atoms with van der Waals surface area (Å²) in [6.45, 7) is 2.05. The summed E-state index contributed by atoms with van der Waals surface area (Å²) >= 11 is 0. The summed E-state index contributed by atoms with van der Waals surface area (Å²) in [6.07, 6.45) is 4.52. The molecule has 22 heavy (non-hydrogen) atoms. The van der Waals surface area contributed by atoms with Crippen molar-refractivity contribution >= 4 is 27.6 Å². The van der Waals surface area contributed by atoms with Crippen LogP contribution in [0.5, 0.6) is 0 Å². The van der Waals surface area contributed by atoms with Crippen LogP contribution >= 0.6 is 0 Å². The van der Waals surface area contributed by atoms with Gasteiger partial charge in [0.05, 0.1) is 6.26 Å². The molecule has 0 saturated carbocycles. The Balaban J connectivity index is 2.03. The van der Waals surface area contributed by atoms with Crippen LogP contribution in [0, 0.1) is 0 Å². The summed E-state index contributed by atoms with van der Waals surface area (Å²) in [5, 5.41) is 2.25. The Labute approximate surface area is 130 Å². The van der Waals surface area contributed by atoms with E-state index >= 15 is 0 Å². The van der Waals surface area contributed by atoms with Crippen molar-refractivity contribution in [2.24, 2.45) is 10.1 Å². The molecule has 1 aliphatic rings. The Bertz CT molecular complexity index is 662. The first-order valence-electron chi connectivity index (χ1n) is 7.07. The Hall–Kier alpha value is -2.09. The molecule has 1 amide bonds. The van der Waals surface area contributed by atoms with Crippen LogP contribution in [-0.2, 0) is 10.0 Å². The third kappa shape index (κ3) is 4.73. The van der Waals surface area contributed by atoms with E-state index in [2.05, 4.69) is 14.6 Å². The minimum atomic E-state index is -3.63. The summed E-state index contributed by atoms with van der Waals surface area (Å²) < 4.78 is 25.1. The van der Waals surface area contributed by atoms with E-state index in [0.29, 0.717) is 5.56 Å². The smallest absolute Gasteiger partial charge is 0.257 e. The molecule has 3 N–H and O–H groups in total. The molecule has 1 aliphatic heterocycles. The number of carbonyl (C=O) groups excluding carboxylic acids is 1. The van der Waals surface area contributed by atoms with Gasteiger partial charge in [-0.3, -0.25) is 10.1 Å². The molecule has 1 aromatic carbocycles. The van der Waals surface area contributed by atoms with Gasteiger partial charge in [0.1, 0.15) is 0 Å². The average Bonchev–Trinajstić information content (AvgIpc) is 2.46. The number of nitrogens with one attached hydrogen (secondary N) is 1. The van der Waals surface area contributed by atoms with Crippen LogP contribution in [0.15, 0.2) is 28.7 Å². The van der Waals surface area contributed by atoms with Gasteiger partial charge in [0.15, 0.2) is 0 Å². The van der Waals surface area contributed by atoms with Crippen molar-refractivity contribution in [2.45, 2.75) is 19.3 Å². The molecule has 1 aromatic rings. The molecule has 1 fully saturated rings. The van der Waals surface area contributed by atoms with Crippen LogP contribution in [0.25, 0.3) is 0 Å². The van der Waals surface area contributed by atoms with Crippen molar-refractivity contribution in [1.82, 2.24) is 5.32 Å². The number of anilines is 1. The van der Waals surface area contributed by atoms with Crippen LogP contribution < -0.4 is 16.0 Å². The van der Waals surface area contributed by atoms with E-state index in [0.717, 1.165) is 25.0 Å². The maximum absolute atomic E-state index is 11.9. The number of benzene rings is 1. The molecule has 1 heterocycles. The Morgan fingerprint density at radius 3 is 2.32 bits per heavy atom. The minimum Gasteiger partial charge on any atom is -0.372 e. The summed E-state index contributed by atoms with van der Waals surface area (Å²) in [4.78, 5) is 14.2. The van der Waals surface area contributed by atoms with Gasteiger partial charge in [-0.2, -0.15) is 0 Å². The lowest BCUT2D eigenvalue weighted by Gasteiger charge is -2.28. The predicted molar refractivity (Wildman–Crippen MR) is 86.4 cm³/mol. The number of carbonyl (C=O) groups is 1. The van der Waals surface area contributed by atoms with Gasteiger partial charge in [-0.15, -0.1) is 4.40 Å². The highest BCUT2D eigenvalue weighted by molar-refractivity contribution is 7.89. The van der Waals surface area contributed by atoms with E-state index in [1.54, 1.807) is 12.1 Å². The van der Waals surface area contributed by atoms with Crippen molar-refractivity contribution in [1.29, 1.82) is 0 Å². The second-order valence-corrected chi connectivity index (χ2v) is 6.91. The molecule has 2 rings (SSSR count). The van der Waals surface area contributed by atoms with Crippen molar-refractivity contribution in [3.63, 3.8) is 0 Å². The number of hydrogen-bond acceptors (Lipinski definition) is 4. The fourth-order valence-electron chi connectivity index (χ4n) is 2.37. The monoisotopic (exact) mass is 324 g/mol. The molecule has 0 aliphatic carbocycles. The molecule has 7 nitrogen and oxygen atoms in total. The van der Waals surface area contributed by atoms with E-state index in [1.165, 1.54) is 19.3 Å². The van der Waals surface area contributed by atoms with E-state index in [1.807, 2.05) is 12.1 Å². The molecule has 0 bridgehead atoms. The lowest BCUT2D eigenvalue weighted by atomic mass is 10.1. The fraction of sp³-hybridized carbons (Fsp3) is 0.429. The largest absolute Gasteiger partial charge is 0.372 e. The second kappa shape index (κ2) is 6.78. The highest BCUT2D eigenvalue weighted by Crippen LogP contribution is 2.20. The van der Waals surface area contributed by atoms with E-state index in [9.17, 15) is 13.2 Å². The molecule has 0 aromatic heterocycles. The van der Waals surface area contributed by atoms with Gasteiger partial charge in [0, 0.05) is 24.3 Å². The van der Waals surface area contributed by atoms with Crippen LogP contribution in [0.2, 0.25) is 0 Å². The van der Waals surface area contributed by atoms with Crippen LogP contribution in [-0.4, -0.2) is 39.6 Å². The van der Waals surface area contributed by atoms with Gasteiger partial charge in [-0.25, -0.2) is 8.42 Å². The molecule has 8 heteroatoms. The summed E-state index contributed by atoms with van der Waals surface area (Å²) in [5.41, 5.74) is 6.85. The number of amides is 1. The first-order chi connectivity index (χ1) is 10.3. The normalized spacial score (nSPS) is 16.4. The zero-order chi connectivity index (χ0) is 16.2. The number of guanidine groups is 1. The molecule has 0 atom stereocenters. The Morgan fingerprint density at radius 2 is 1.77 bits per heavy atom. The van der Waals surface area contributed by atoms with Crippen LogP contribution in [0.1, 0.15) is 29.6 Å². The van der Waals surface area contributed by atoms with E-state index in [-0.39, 0.29) is 0 Å². The van der Waals surface area contributed by atoms with Crippen LogP contribution in [0.4, 0.5) is 5.69 Å². The molecule has 0 spiro atoms. The highest BCUT2D eigenvalue weighted by Gasteiger charge is 2.12. The van der Waals surface area contributed by atoms with Gasteiger partial charge in [0.25, 0.3) is 15.9 Å². The van der Waals surface area contributed by atoms with Gasteiger partial charge >= 0.3 is 0 Å². The number of sulfonamides is 1. The van der Waals surface area contributed by atoms with Crippen LogP contribution in [0.3, 0.4) is 0 Å². The van der Waals surface area contributed by atoms with Crippen molar-refractivity contribution in [3.8, 4) is 0 Å². The fourth-order valence-corrected chi connectivity index (χ4v) is 2.77. The number of rotatable bonds is 3. The Morgan fingerprint density at radius 1 is 1.18 bits per heavy atom. The lowest BCUT2D eigenvalue weighted by molar-refractivity contribution is 0.0977. The Kier molecular flexibility index (Phi) is 5.02. The van der Waals surface area contributed by atoms with Gasteiger partial charge in [-0.05, 0) is 43.5 Å². The average molecular weight is 324 g/mol. The molecule has 120 valence electrons. The SMILES string of the molecule is CS(=O)(=O)/N=C(\N)NC(=O)c1ccc(N2CCCCC2)cc1. The topological polar surface area (TPSA) is 105 Å². The van der Waals surface area contributed by atoms with Crippen molar-refractivity contribution < 1.29 is 13.2 Å². The third-order valence-corrected chi connectivity index (χ3v) is 3.88. The number of nitrogens with zero attached hydrogens (tertiary/aromatic N) is 2. The quantitative estimate of drug-likeness (QED) is 0.628. The van der Waals surface area contributed by atoms with Gasteiger partial charge in [-0.1, -0.05) is 0 Å². The minimum absolute atomic E-state index is 0.396. The number of piperidine rings is 1. The second-order valence-electron chi connectivity index (χ2n) is 5.26. The third-order valence-electron chi connectivity index (χ3n) is 3.36. The number of nitrogens with two attached hydrogens (primary N) is 1. The standard InChI is InChI=1S/C14H20N4O3S/c1-22(20,21)17-14(15)16-13(19)11-5-7-12(8-6-11)18-9-3-2-4-10-18/h5-8H,2-4,9-10H2,1H3,(H3,15,16,17,19). The zero-order valence-electron chi connectivity index (χ0n) is 12.4. The summed E-state index contributed by atoms with van der Waals surface area (Å²) in [5.74, 6) is -0.928. The molecule has 0 radical (unpaired) electrons. The van der Waals surface area contributed by atoms with E-state index in [4.69, 9.17) is 5.73 Å². The molecule has 1 saturated heterocycles. The number of hydrogen-bond donors (Lipinski definition) is 2. The highest BCUT2D eigenvalue weighted by atomic mass is 32.2. The summed E-state index contributed by atoms with van der Waals surface area (Å²) in [6, 6.07) is 7.13. The van der Waals surface area contributed by atoms with Crippen molar-refractivity contribution in [2.75, 3.05) is 24.2 Å². The maximum Gasteiger partial charge on any atom is 0.257 e. The van der Waals surface area contributed by atoms with Crippen molar-refractivity contribution in [3.05, 3.63) is 29.8 Å². The van der Waals surface area contributed by atoms with Gasteiger partial charge < -0.3 is 10.6 Å². The molecule has 0 unspecified atom stereocenters. The first kappa shape index (κ1) is 16.3.